The molecule has 5 rings (SSSR count). The second-order valence-electron chi connectivity index (χ2n) is 10.2. The molecule has 1 spiro atoms. The summed E-state index contributed by atoms with van der Waals surface area (Å²) in [5.74, 6) is -3.01. The minimum Gasteiger partial charge on any atom is -0.508 e. The van der Waals surface area contributed by atoms with Crippen molar-refractivity contribution in [2.24, 2.45) is 0 Å². The fourth-order valence-electron chi connectivity index (χ4n) is 6.83. The van der Waals surface area contributed by atoms with Crippen LogP contribution in [0, 0.1) is 0 Å². The quantitative estimate of drug-likeness (QED) is 0.528. The highest BCUT2D eigenvalue weighted by atomic mass is 19.3. The number of phenols is 1. The van der Waals surface area contributed by atoms with Gasteiger partial charge in [0.2, 0.25) is 5.92 Å². The number of aromatic hydroxyl groups is 1. The van der Waals surface area contributed by atoms with Crippen molar-refractivity contribution in [3.8, 4) is 5.75 Å². The monoisotopic (exact) mass is 449 g/mol. The highest BCUT2D eigenvalue weighted by Gasteiger charge is 2.69. The third-order valence-corrected chi connectivity index (χ3v) is 8.28. The number of benzene rings is 1. The lowest BCUT2D eigenvalue weighted by molar-refractivity contribution is -0.180. The Kier molecular flexibility index (Phi) is 4.63. The van der Waals surface area contributed by atoms with Crippen LogP contribution in [0.15, 0.2) is 18.2 Å². The molecule has 4 N–H and O–H groups in total. The highest BCUT2D eigenvalue weighted by molar-refractivity contribution is 6.07. The van der Waals surface area contributed by atoms with Gasteiger partial charge in [0.25, 0.3) is 5.91 Å². The number of alkyl halides is 2. The second kappa shape index (κ2) is 6.87. The average Bonchev–Trinajstić information content (AvgIpc) is 2.96. The number of nitrogens with zero attached hydrogens (tertiary/aromatic N) is 1. The van der Waals surface area contributed by atoms with E-state index in [4.69, 9.17) is 0 Å². The maximum atomic E-state index is 13.4. The molecule has 0 radical (unpaired) electrons. The number of amides is 3. The summed E-state index contributed by atoms with van der Waals surface area (Å²) in [6, 6.07) is 4.32. The number of aliphatic hydroxyl groups is 1. The van der Waals surface area contributed by atoms with Gasteiger partial charge in [-0.05, 0) is 81.8 Å². The molecule has 2 aliphatic heterocycles. The van der Waals surface area contributed by atoms with E-state index in [0.717, 1.165) is 18.1 Å². The minimum atomic E-state index is -2.72. The molecular formula is C23H29F2N3O4. The van der Waals surface area contributed by atoms with Crippen LogP contribution in [-0.2, 0) is 16.6 Å². The van der Waals surface area contributed by atoms with Gasteiger partial charge in [-0.1, -0.05) is 6.07 Å². The van der Waals surface area contributed by atoms with Crippen molar-refractivity contribution >= 4 is 11.9 Å². The number of piperidine rings is 1. The summed E-state index contributed by atoms with van der Waals surface area (Å²) in [5, 5.41) is 27.6. The Labute approximate surface area is 185 Å². The zero-order valence-electron chi connectivity index (χ0n) is 18.1. The molecule has 2 saturated heterocycles. The molecular weight excluding hydrogens is 420 g/mol. The van der Waals surface area contributed by atoms with E-state index in [-0.39, 0.29) is 30.5 Å². The van der Waals surface area contributed by atoms with Crippen LogP contribution >= 0.6 is 0 Å². The first-order chi connectivity index (χ1) is 15.0. The average molecular weight is 449 g/mol. The number of halogens is 2. The van der Waals surface area contributed by atoms with Crippen molar-refractivity contribution in [3.05, 3.63) is 29.3 Å². The highest BCUT2D eigenvalue weighted by Crippen LogP contribution is 2.60. The maximum Gasteiger partial charge on any atom is 0.322 e. The first-order valence-corrected chi connectivity index (χ1v) is 11.3. The van der Waals surface area contributed by atoms with Crippen molar-refractivity contribution in [1.82, 2.24) is 15.5 Å². The molecule has 9 heteroatoms. The molecule has 32 heavy (non-hydrogen) atoms. The van der Waals surface area contributed by atoms with Crippen molar-refractivity contribution < 1.29 is 28.6 Å². The van der Waals surface area contributed by atoms with E-state index >= 15 is 0 Å². The first kappa shape index (κ1) is 21.6. The lowest BCUT2D eigenvalue weighted by atomic mass is 9.46. The summed E-state index contributed by atoms with van der Waals surface area (Å²) in [6.07, 6.45) is 2.00. The topological polar surface area (TPSA) is 102 Å². The Hall–Kier alpha value is -2.26. The van der Waals surface area contributed by atoms with E-state index in [1.807, 2.05) is 6.07 Å². The Morgan fingerprint density at radius 1 is 1.25 bits per heavy atom. The summed E-state index contributed by atoms with van der Waals surface area (Å²) < 4.78 is 26.8. The molecule has 3 amide bonds. The molecule has 4 aliphatic rings. The van der Waals surface area contributed by atoms with E-state index in [1.54, 1.807) is 12.1 Å². The normalized spacial score (nSPS) is 36.4. The Balaban J connectivity index is 1.54. The van der Waals surface area contributed by atoms with E-state index in [2.05, 4.69) is 15.5 Å². The summed E-state index contributed by atoms with van der Waals surface area (Å²) in [5.41, 5.74) is -1.32. The van der Waals surface area contributed by atoms with Crippen LogP contribution in [0.3, 0.4) is 0 Å². The summed E-state index contributed by atoms with van der Waals surface area (Å²) >= 11 is 0. The number of imide groups is 1. The largest absolute Gasteiger partial charge is 0.508 e. The summed E-state index contributed by atoms with van der Waals surface area (Å²) in [6.45, 7) is 1.97. The van der Waals surface area contributed by atoms with Gasteiger partial charge in [-0.2, -0.15) is 0 Å². The zero-order chi connectivity index (χ0) is 22.9. The molecule has 0 unspecified atom stereocenters. The number of hydrogen-bond donors (Lipinski definition) is 4. The van der Waals surface area contributed by atoms with Crippen molar-refractivity contribution in [2.75, 3.05) is 13.1 Å². The molecule has 3 fully saturated rings. The predicted octanol–water partition coefficient (Wildman–Crippen LogP) is 2.19. The smallest absolute Gasteiger partial charge is 0.322 e. The van der Waals surface area contributed by atoms with Crippen LogP contribution in [0.2, 0.25) is 0 Å². The number of nitrogens with one attached hydrogen (secondary N) is 2. The van der Waals surface area contributed by atoms with E-state index in [9.17, 15) is 28.6 Å². The number of carbonyl (C=O) groups excluding carboxylic acids is 2. The lowest BCUT2D eigenvalue weighted by Crippen LogP contribution is -2.76. The number of phenolic OH excluding ortho intramolecular Hbond substituents is 1. The second-order valence-corrected chi connectivity index (χ2v) is 10.2. The SMILES string of the molecule is CC(F)(F)CCCN1CC[C@]23C[C@]4(CC[C@@]2(O)[C@H]1Cc1ccc(O)cc13)NC(=O)NC4=O. The van der Waals surface area contributed by atoms with E-state index in [1.165, 1.54) is 0 Å². The summed E-state index contributed by atoms with van der Waals surface area (Å²) in [4.78, 5) is 26.9. The Bertz CT molecular complexity index is 982. The molecule has 1 saturated carbocycles. The zero-order valence-corrected chi connectivity index (χ0v) is 18.1. The van der Waals surface area contributed by atoms with E-state index in [0.29, 0.717) is 45.2 Å². The summed E-state index contributed by atoms with van der Waals surface area (Å²) in [7, 11) is 0. The van der Waals surface area contributed by atoms with Crippen LogP contribution in [0.1, 0.15) is 56.6 Å². The Morgan fingerprint density at radius 3 is 2.72 bits per heavy atom. The van der Waals surface area contributed by atoms with Gasteiger partial charge in [0, 0.05) is 17.9 Å². The molecule has 1 aromatic rings. The van der Waals surface area contributed by atoms with Gasteiger partial charge >= 0.3 is 6.03 Å². The molecule has 174 valence electrons. The van der Waals surface area contributed by atoms with Crippen LogP contribution in [0.4, 0.5) is 13.6 Å². The fourth-order valence-corrected chi connectivity index (χ4v) is 6.83. The van der Waals surface area contributed by atoms with Crippen LogP contribution < -0.4 is 10.6 Å². The number of likely N-dealkylation sites (tertiary alicyclic amines) is 1. The molecule has 2 bridgehead atoms. The van der Waals surface area contributed by atoms with Crippen LogP contribution in [-0.4, -0.2) is 63.2 Å². The predicted molar refractivity (Wildman–Crippen MR) is 112 cm³/mol. The Morgan fingerprint density at radius 2 is 2.03 bits per heavy atom. The van der Waals surface area contributed by atoms with Gasteiger partial charge in [-0.3, -0.25) is 15.0 Å². The third kappa shape index (κ3) is 3.04. The number of carbonyl (C=O) groups is 2. The van der Waals surface area contributed by atoms with Crippen LogP contribution in [0.5, 0.6) is 5.75 Å². The van der Waals surface area contributed by atoms with Gasteiger partial charge in [-0.25, -0.2) is 13.6 Å². The number of urea groups is 1. The third-order valence-electron chi connectivity index (χ3n) is 8.28. The van der Waals surface area contributed by atoms with Gasteiger partial charge in [0.15, 0.2) is 0 Å². The van der Waals surface area contributed by atoms with Gasteiger partial charge in [-0.15, -0.1) is 0 Å². The van der Waals surface area contributed by atoms with Crippen molar-refractivity contribution in [1.29, 1.82) is 0 Å². The standard InChI is InChI=1S/C23H29F2N3O4/c1-20(24,25)5-2-9-28-10-8-21-13-22(18(30)26-19(31)27-22)6-7-23(21,32)17(28)11-14-3-4-15(29)12-16(14)21/h3-4,12,17,29,32H,2,5-11,13H2,1H3,(H2,26,27,30,31)/t17-,21-,22+,23-/m1/s1. The fraction of sp³-hybridized carbons (Fsp3) is 0.652. The number of hydrogen-bond acceptors (Lipinski definition) is 5. The van der Waals surface area contributed by atoms with Gasteiger partial charge in [0.1, 0.15) is 11.3 Å². The molecule has 2 aliphatic carbocycles. The molecule has 1 aromatic carbocycles. The molecule has 7 nitrogen and oxygen atoms in total. The van der Waals surface area contributed by atoms with Crippen molar-refractivity contribution in [2.45, 2.75) is 80.4 Å². The number of rotatable bonds is 4. The minimum absolute atomic E-state index is 0.0889. The molecule has 0 aromatic heterocycles. The molecule has 2 heterocycles. The molecule has 4 atom stereocenters. The maximum absolute atomic E-state index is 13.4. The van der Waals surface area contributed by atoms with Gasteiger partial charge < -0.3 is 15.5 Å². The van der Waals surface area contributed by atoms with Crippen LogP contribution in [0.25, 0.3) is 0 Å². The van der Waals surface area contributed by atoms with E-state index < -0.39 is 28.5 Å². The first-order valence-electron chi connectivity index (χ1n) is 11.3. The lowest BCUT2D eigenvalue weighted by Gasteiger charge is -2.65. The van der Waals surface area contributed by atoms with Gasteiger partial charge in [0.05, 0.1) is 5.60 Å². The van der Waals surface area contributed by atoms with Crippen molar-refractivity contribution in [3.63, 3.8) is 0 Å². The number of fused-ring (bicyclic) bond motifs is 1.